The van der Waals surface area contributed by atoms with Crippen molar-refractivity contribution in [1.29, 1.82) is 0 Å². The second kappa shape index (κ2) is 6.37. The number of nitrogens with zero attached hydrogens (tertiary/aromatic N) is 2. The number of amides is 1. The highest BCUT2D eigenvalue weighted by atomic mass is 16.2. The minimum absolute atomic E-state index is 0.137. The van der Waals surface area contributed by atoms with Crippen LogP contribution >= 0.6 is 0 Å². The normalized spacial score (nSPS) is 23.8. The van der Waals surface area contributed by atoms with Crippen LogP contribution in [0.5, 0.6) is 0 Å². The largest absolute Gasteiger partial charge is 0.305 e. The Morgan fingerprint density at radius 1 is 1.35 bits per heavy atom. The van der Waals surface area contributed by atoms with E-state index in [2.05, 4.69) is 29.5 Å². The predicted octanol–water partition coefficient (Wildman–Crippen LogP) is 1.53. The molecule has 1 N–H and O–H groups in total. The molecule has 1 saturated heterocycles. The van der Waals surface area contributed by atoms with Crippen LogP contribution in [0.3, 0.4) is 0 Å². The second-order valence-corrected chi connectivity index (χ2v) is 6.12. The van der Waals surface area contributed by atoms with Gasteiger partial charge in [0.15, 0.2) is 0 Å². The van der Waals surface area contributed by atoms with Crippen molar-refractivity contribution in [3.05, 3.63) is 35.9 Å². The van der Waals surface area contributed by atoms with E-state index in [1.807, 2.05) is 32.3 Å². The number of hydrogen-bond donors (Lipinski definition) is 1. The van der Waals surface area contributed by atoms with Gasteiger partial charge in [0.2, 0.25) is 5.91 Å². The van der Waals surface area contributed by atoms with E-state index in [1.54, 1.807) is 5.01 Å². The number of carbonyl (C=O) groups excluding carboxylic acids is 1. The van der Waals surface area contributed by atoms with Gasteiger partial charge in [-0.2, -0.15) is 0 Å². The highest BCUT2D eigenvalue weighted by Crippen LogP contribution is 2.33. The Bertz CT molecular complexity index is 446. The van der Waals surface area contributed by atoms with Crippen molar-refractivity contribution in [2.45, 2.75) is 19.3 Å². The summed E-state index contributed by atoms with van der Waals surface area (Å²) in [5.41, 5.74) is 3.87. The topological polar surface area (TPSA) is 35.6 Å². The zero-order valence-corrected chi connectivity index (χ0v) is 12.7. The van der Waals surface area contributed by atoms with E-state index in [0.717, 1.165) is 32.4 Å². The number of carbonyl (C=O) groups is 1. The van der Waals surface area contributed by atoms with Crippen molar-refractivity contribution in [2.75, 3.05) is 34.2 Å². The summed E-state index contributed by atoms with van der Waals surface area (Å²) in [6.45, 7) is 1.90. The lowest BCUT2D eigenvalue weighted by Crippen LogP contribution is -2.54. The summed E-state index contributed by atoms with van der Waals surface area (Å²) in [6, 6.07) is 10.3. The molecule has 0 radical (unpaired) electrons. The number of nitrogens with one attached hydrogen (secondary N) is 1. The SMILES string of the molecule is CN1CCC[C@](Cc2ccccc2)(C(=O)NN(C)C)C1. The molecule has 0 aromatic heterocycles. The van der Waals surface area contributed by atoms with E-state index in [1.165, 1.54) is 5.56 Å². The van der Waals surface area contributed by atoms with Crippen LogP contribution in [-0.4, -0.2) is 50.0 Å². The lowest BCUT2D eigenvalue weighted by atomic mass is 9.74. The molecule has 0 bridgehead atoms. The molecular weight excluding hydrogens is 250 g/mol. The number of rotatable bonds is 4. The summed E-state index contributed by atoms with van der Waals surface area (Å²) in [6.07, 6.45) is 2.83. The maximum Gasteiger partial charge on any atom is 0.242 e. The smallest absolute Gasteiger partial charge is 0.242 e. The molecule has 1 heterocycles. The monoisotopic (exact) mass is 275 g/mol. The molecule has 2 rings (SSSR count). The third-order valence-corrected chi connectivity index (χ3v) is 3.96. The van der Waals surface area contributed by atoms with E-state index in [-0.39, 0.29) is 11.3 Å². The molecule has 0 unspecified atom stereocenters. The quantitative estimate of drug-likeness (QED) is 0.847. The minimum atomic E-state index is -0.321. The fourth-order valence-corrected chi connectivity index (χ4v) is 3.08. The number of hydrazine groups is 1. The van der Waals surface area contributed by atoms with Crippen LogP contribution in [-0.2, 0) is 11.2 Å². The first-order chi connectivity index (χ1) is 9.52. The zero-order chi connectivity index (χ0) is 14.6. The highest BCUT2D eigenvalue weighted by molar-refractivity contribution is 5.83. The molecule has 1 amide bonds. The lowest BCUT2D eigenvalue weighted by molar-refractivity contribution is -0.138. The molecule has 110 valence electrons. The van der Waals surface area contributed by atoms with Crippen molar-refractivity contribution < 1.29 is 4.79 Å². The minimum Gasteiger partial charge on any atom is -0.305 e. The summed E-state index contributed by atoms with van der Waals surface area (Å²) in [5.74, 6) is 0.137. The third kappa shape index (κ3) is 3.58. The number of piperidine rings is 1. The molecule has 1 aromatic carbocycles. The van der Waals surface area contributed by atoms with E-state index in [0.29, 0.717) is 0 Å². The first-order valence-corrected chi connectivity index (χ1v) is 7.23. The van der Waals surface area contributed by atoms with Gasteiger partial charge in [0.25, 0.3) is 0 Å². The van der Waals surface area contributed by atoms with E-state index < -0.39 is 0 Å². The summed E-state index contributed by atoms with van der Waals surface area (Å²) >= 11 is 0. The van der Waals surface area contributed by atoms with Crippen LogP contribution < -0.4 is 5.43 Å². The number of likely N-dealkylation sites (tertiary alicyclic amines) is 1. The summed E-state index contributed by atoms with van der Waals surface area (Å²) in [4.78, 5) is 15.0. The molecule has 0 saturated carbocycles. The Morgan fingerprint density at radius 2 is 2.05 bits per heavy atom. The van der Waals surface area contributed by atoms with Gasteiger partial charge < -0.3 is 4.90 Å². The van der Waals surface area contributed by atoms with Crippen LogP contribution in [0, 0.1) is 5.41 Å². The van der Waals surface area contributed by atoms with Crippen LogP contribution in [0.25, 0.3) is 0 Å². The average molecular weight is 275 g/mol. The van der Waals surface area contributed by atoms with Crippen molar-refractivity contribution >= 4 is 5.91 Å². The molecular formula is C16H25N3O. The van der Waals surface area contributed by atoms with Crippen molar-refractivity contribution in [1.82, 2.24) is 15.3 Å². The van der Waals surface area contributed by atoms with E-state index in [4.69, 9.17) is 0 Å². The molecule has 4 nitrogen and oxygen atoms in total. The fourth-order valence-electron chi connectivity index (χ4n) is 3.08. The molecule has 0 aliphatic carbocycles. The van der Waals surface area contributed by atoms with Gasteiger partial charge in [-0.15, -0.1) is 0 Å². The van der Waals surface area contributed by atoms with E-state index in [9.17, 15) is 4.79 Å². The molecule has 1 aliphatic heterocycles. The van der Waals surface area contributed by atoms with Crippen LogP contribution in [0.4, 0.5) is 0 Å². The Kier molecular flexibility index (Phi) is 4.78. The van der Waals surface area contributed by atoms with E-state index >= 15 is 0 Å². The summed E-state index contributed by atoms with van der Waals surface area (Å²) < 4.78 is 0. The van der Waals surface area contributed by atoms with Crippen LogP contribution in [0.2, 0.25) is 0 Å². The van der Waals surface area contributed by atoms with Gasteiger partial charge in [-0.05, 0) is 38.4 Å². The Morgan fingerprint density at radius 3 is 2.65 bits per heavy atom. The Labute approximate surface area is 121 Å². The number of benzene rings is 1. The Balaban J connectivity index is 2.21. The predicted molar refractivity (Wildman–Crippen MR) is 81.1 cm³/mol. The fraction of sp³-hybridized carbons (Fsp3) is 0.562. The van der Waals surface area contributed by atoms with Gasteiger partial charge in [0, 0.05) is 20.6 Å². The molecule has 1 fully saturated rings. The third-order valence-electron chi connectivity index (χ3n) is 3.96. The molecule has 0 spiro atoms. The van der Waals surface area contributed by atoms with Gasteiger partial charge in [0.1, 0.15) is 0 Å². The van der Waals surface area contributed by atoms with Gasteiger partial charge in [-0.3, -0.25) is 10.2 Å². The second-order valence-electron chi connectivity index (χ2n) is 6.12. The van der Waals surface area contributed by atoms with Crippen LogP contribution in [0.15, 0.2) is 30.3 Å². The van der Waals surface area contributed by atoms with Crippen molar-refractivity contribution in [3.63, 3.8) is 0 Å². The van der Waals surface area contributed by atoms with Gasteiger partial charge in [-0.25, -0.2) is 5.01 Å². The first-order valence-electron chi connectivity index (χ1n) is 7.23. The molecule has 4 heteroatoms. The van der Waals surface area contributed by atoms with Gasteiger partial charge in [-0.1, -0.05) is 30.3 Å². The van der Waals surface area contributed by atoms with Crippen molar-refractivity contribution in [3.8, 4) is 0 Å². The molecule has 1 aliphatic rings. The Hall–Kier alpha value is -1.39. The highest BCUT2D eigenvalue weighted by Gasteiger charge is 2.41. The zero-order valence-electron chi connectivity index (χ0n) is 12.7. The van der Waals surface area contributed by atoms with Crippen LogP contribution in [0.1, 0.15) is 18.4 Å². The summed E-state index contributed by atoms with van der Waals surface area (Å²) in [5, 5.41) is 1.74. The average Bonchev–Trinajstić information content (AvgIpc) is 2.39. The summed E-state index contributed by atoms with van der Waals surface area (Å²) in [7, 11) is 5.82. The lowest BCUT2D eigenvalue weighted by Gasteiger charge is -2.41. The molecule has 1 aromatic rings. The van der Waals surface area contributed by atoms with Gasteiger partial charge >= 0.3 is 0 Å². The maximum atomic E-state index is 12.7. The maximum absolute atomic E-state index is 12.7. The molecule has 20 heavy (non-hydrogen) atoms. The van der Waals surface area contributed by atoms with Crippen molar-refractivity contribution in [2.24, 2.45) is 5.41 Å². The standard InChI is InChI=1S/C16H25N3O/c1-18(2)17-15(20)16(10-7-11-19(3)13-16)12-14-8-5-4-6-9-14/h4-6,8-9H,7,10-13H2,1-3H3,(H,17,20)/t16-/m1/s1. The van der Waals surface area contributed by atoms with Gasteiger partial charge in [0.05, 0.1) is 5.41 Å². The first kappa shape index (κ1) is 15.0. The molecule has 1 atom stereocenters. The number of hydrogen-bond acceptors (Lipinski definition) is 3.